The van der Waals surface area contributed by atoms with E-state index in [4.69, 9.17) is 4.74 Å². The van der Waals surface area contributed by atoms with E-state index in [1.165, 1.54) is 5.56 Å². The van der Waals surface area contributed by atoms with Gasteiger partial charge in [0, 0.05) is 13.1 Å². The number of hydrogen-bond acceptors (Lipinski definition) is 5. The van der Waals surface area contributed by atoms with Crippen LogP contribution in [0, 0.1) is 0 Å². The summed E-state index contributed by atoms with van der Waals surface area (Å²) in [4.78, 5) is 25.3. The Bertz CT molecular complexity index is 804. The first-order valence-corrected chi connectivity index (χ1v) is 9.12. The molecule has 0 aromatic heterocycles. The molecule has 1 saturated heterocycles. The van der Waals surface area contributed by atoms with Crippen LogP contribution in [0.25, 0.3) is 6.08 Å². The molecule has 2 amide bonds. The molecule has 0 saturated carbocycles. The first-order valence-electron chi connectivity index (χ1n) is 8.30. The Morgan fingerprint density at radius 2 is 1.81 bits per heavy atom. The maximum Gasteiger partial charge on any atom is 0.290 e. The Hall–Kier alpha value is -2.57. The van der Waals surface area contributed by atoms with E-state index < -0.39 is 0 Å². The maximum atomic E-state index is 11.5. The van der Waals surface area contributed by atoms with Gasteiger partial charge in [-0.05, 0) is 48.1 Å². The number of likely N-dealkylation sites (N-methyl/N-ethyl adjacent to an activating group) is 1. The van der Waals surface area contributed by atoms with E-state index in [2.05, 4.69) is 29.4 Å². The highest BCUT2D eigenvalue weighted by Gasteiger charge is 2.24. The molecular formula is C20H20N2O3S. The third-order valence-electron chi connectivity index (χ3n) is 3.86. The molecule has 1 heterocycles. The fourth-order valence-electron chi connectivity index (χ4n) is 2.53. The van der Waals surface area contributed by atoms with Gasteiger partial charge in [0.2, 0.25) is 0 Å². The van der Waals surface area contributed by atoms with E-state index in [9.17, 15) is 9.59 Å². The van der Waals surface area contributed by atoms with Gasteiger partial charge in [0.25, 0.3) is 11.1 Å². The van der Waals surface area contributed by atoms with Gasteiger partial charge in [-0.15, -0.1) is 0 Å². The van der Waals surface area contributed by atoms with Crippen LogP contribution in [-0.2, 0) is 11.3 Å². The summed E-state index contributed by atoms with van der Waals surface area (Å²) < 4.78 is 5.78. The van der Waals surface area contributed by atoms with Crippen molar-refractivity contribution < 1.29 is 14.3 Å². The number of benzene rings is 2. The second-order valence-corrected chi connectivity index (χ2v) is 7.01. The van der Waals surface area contributed by atoms with E-state index in [0.29, 0.717) is 11.5 Å². The number of ether oxygens (including phenoxy) is 1. The molecule has 3 rings (SSSR count). The number of thioether (sulfide) groups is 1. The van der Waals surface area contributed by atoms with E-state index in [1.54, 1.807) is 6.08 Å². The van der Waals surface area contributed by atoms with Gasteiger partial charge in [0.05, 0.1) is 4.91 Å². The number of rotatable bonds is 7. The van der Waals surface area contributed by atoms with Crippen molar-refractivity contribution in [1.29, 1.82) is 0 Å². The van der Waals surface area contributed by atoms with Crippen molar-refractivity contribution in [2.45, 2.75) is 6.54 Å². The van der Waals surface area contributed by atoms with Crippen molar-refractivity contribution in [3.8, 4) is 5.75 Å². The number of carbonyl (C=O) groups is 2. The average Bonchev–Trinajstić information content (AvgIpc) is 2.94. The SMILES string of the molecule is CN(CCOc1ccc(C=C2SC(=O)NC2=O)cc1)Cc1ccccc1. The Morgan fingerprint density at radius 1 is 1.08 bits per heavy atom. The molecule has 0 atom stereocenters. The lowest BCUT2D eigenvalue weighted by Crippen LogP contribution is -2.23. The highest BCUT2D eigenvalue weighted by atomic mass is 32.2. The molecule has 2 aromatic carbocycles. The lowest BCUT2D eigenvalue weighted by molar-refractivity contribution is -0.115. The third-order valence-corrected chi connectivity index (χ3v) is 4.67. The van der Waals surface area contributed by atoms with Crippen molar-refractivity contribution in [3.05, 3.63) is 70.6 Å². The molecule has 5 nitrogen and oxygen atoms in total. The smallest absolute Gasteiger partial charge is 0.290 e. The molecule has 0 radical (unpaired) electrons. The molecule has 1 aliphatic heterocycles. The van der Waals surface area contributed by atoms with Crippen LogP contribution in [0.5, 0.6) is 5.75 Å². The predicted octanol–water partition coefficient (Wildman–Crippen LogP) is 3.52. The summed E-state index contributed by atoms with van der Waals surface area (Å²) in [5.41, 5.74) is 2.13. The van der Waals surface area contributed by atoms with Gasteiger partial charge in [0.15, 0.2) is 0 Å². The van der Waals surface area contributed by atoms with Crippen molar-refractivity contribution in [1.82, 2.24) is 10.2 Å². The van der Waals surface area contributed by atoms with E-state index in [1.807, 2.05) is 42.5 Å². The monoisotopic (exact) mass is 368 g/mol. The Morgan fingerprint density at radius 3 is 2.46 bits per heavy atom. The first-order chi connectivity index (χ1) is 12.6. The molecule has 2 aromatic rings. The molecule has 0 bridgehead atoms. The molecule has 0 aliphatic carbocycles. The molecule has 0 spiro atoms. The highest BCUT2D eigenvalue weighted by molar-refractivity contribution is 8.18. The van der Waals surface area contributed by atoms with E-state index >= 15 is 0 Å². The van der Waals surface area contributed by atoms with Crippen LogP contribution in [0.15, 0.2) is 59.5 Å². The Kier molecular flexibility index (Phi) is 6.09. The summed E-state index contributed by atoms with van der Waals surface area (Å²) >= 11 is 0.915. The molecule has 6 heteroatoms. The van der Waals surface area contributed by atoms with Crippen LogP contribution >= 0.6 is 11.8 Å². The van der Waals surface area contributed by atoms with Gasteiger partial charge in [-0.3, -0.25) is 19.8 Å². The minimum Gasteiger partial charge on any atom is -0.492 e. The summed E-state index contributed by atoms with van der Waals surface area (Å²) in [6.07, 6.45) is 1.70. The fraction of sp³-hybridized carbons (Fsp3) is 0.200. The minimum absolute atomic E-state index is 0.333. The zero-order chi connectivity index (χ0) is 18.4. The fourth-order valence-corrected chi connectivity index (χ4v) is 3.21. The van der Waals surface area contributed by atoms with Crippen molar-refractivity contribution >= 4 is 29.0 Å². The van der Waals surface area contributed by atoms with Gasteiger partial charge >= 0.3 is 0 Å². The van der Waals surface area contributed by atoms with Crippen LogP contribution in [0.4, 0.5) is 4.79 Å². The molecule has 134 valence electrons. The standard InChI is InChI=1S/C20H20N2O3S/c1-22(14-16-5-3-2-4-6-16)11-12-25-17-9-7-15(8-10-17)13-18-19(23)21-20(24)26-18/h2-10,13H,11-12,14H2,1H3,(H,21,23,24). The molecule has 0 unspecified atom stereocenters. The Labute approximate surface area is 157 Å². The number of nitrogens with one attached hydrogen (secondary N) is 1. The van der Waals surface area contributed by atoms with Crippen LogP contribution < -0.4 is 10.1 Å². The number of nitrogens with zero attached hydrogens (tertiary/aromatic N) is 1. The van der Waals surface area contributed by atoms with Crippen LogP contribution in [0.2, 0.25) is 0 Å². The van der Waals surface area contributed by atoms with Gasteiger partial charge in [-0.25, -0.2) is 0 Å². The summed E-state index contributed by atoms with van der Waals surface area (Å²) in [5, 5.41) is 1.91. The summed E-state index contributed by atoms with van der Waals surface area (Å²) in [6.45, 7) is 2.30. The zero-order valence-corrected chi connectivity index (χ0v) is 15.3. The van der Waals surface area contributed by atoms with E-state index in [-0.39, 0.29) is 11.1 Å². The summed E-state index contributed by atoms with van der Waals surface area (Å²) in [5.74, 6) is 0.432. The molecule has 26 heavy (non-hydrogen) atoms. The van der Waals surface area contributed by atoms with Gasteiger partial charge in [-0.1, -0.05) is 42.5 Å². The summed E-state index contributed by atoms with van der Waals surface area (Å²) in [6, 6.07) is 17.8. The zero-order valence-electron chi connectivity index (χ0n) is 14.5. The van der Waals surface area contributed by atoms with Crippen molar-refractivity contribution in [3.63, 3.8) is 0 Å². The lowest BCUT2D eigenvalue weighted by atomic mass is 10.2. The average molecular weight is 368 g/mol. The van der Waals surface area contributed by atoms with Crippen molar-refractivity contribution in [2.75, 3.05) is 20.2 Å². The minimum atomic E-state index is -0.346. The Balaban J connectivity index is 1.46. The highest BCUT2D eigenvalue weighted by Crippen LogP contribution is 2.26. The number of hydrogen-bond donors (Lipinski definition) is 1. The van der Waals surface area contributed by atoms with Crippen LogP contribution in [-0.4, -0.2) is 36.2 Å². The van der Waals surface area contributed by atoms with Gasteiger partial charge in [-0.2, -0.15) is 0 Å². The lowest BCUT2D eigenvalue weighted by Gasteiger charge is -2.17. The molecule has 1 fully saturated rings. The largest absolute Gasteiger partial charge is 0.492 e. The molecule has 1 N–H and O–H groups in total. The predicted molar refractivity (Wildman–Crippen MR) is 104 cm³/mol. The topological polar surface area (TPSA) is 58.6 Å². The third kappa shape index (κ3) is 5.21. The second-order valence-electron chi connectivity index (χ2n) is 5.99. The van der Waals surface area contributed by atoms with Gasteiger partial charge < -0.3 is 4.74 Å². The normalized spacial score (nSPS) is 15.5. The van der Waals surface area contributed by atoms with Crippen LogP contribution in [0.3, 0.4) is 0 Å². The van der Waals surface area contributed by atoms with Gasteiger partial charge in [0.1, 0.15) is 12.4 Å². The number of imide groups is 1. The number of amides is 2. The van der Waals surface area contributed by atoms with Crippen LogP contribution in [0.1, 0.15) is 11.1 Å². The van der Waals surface area contributed by atoms with Crippen molar-refractivity contribution in [2.24, 2.45) is 0 Å². The first kappa shape index (κ1) is 18.2. The second kappa shape index (κ2) is 8.69. The quantitative estimate of drug-likeness (QED) is 0.758. The van der Waals surface area contributed by atoms with E-state index in [0.717, 1.165) is 36.2 Å². The summed E-state index contributed by atoms with van der Waals surface area (Å²) in [7, 11) is 2.07. The maximum absolute atomic E-state index is 11.5. The number of carbonyl (C=O) groups excluding carboxylic acids is 2. The molecular weight excluding hydrogens is 348 g/mol. The molecule has 1 aliphatic rings.